The van der Waals surface area contributed by atoms with Gasteiger partial charge in [-0.25, -0.2) is 4.79 Å². The molecule has 1 aromatic rings. The van der Waals surface area contributed by atoms with Crippen molar-refractivity contribution in [1.82, 2.24) is 0 Å². The Labute approximate surface area is 106 Å². The number of rotatable bonds is 4. The SMILES string of the molecule is CCCCC1CN(c2ccc(Cl)cc2)C(=O)O1. The van der Waals surface area contributed by atoms with Crippen molar-refractivity contribution in [3.63, 3.8) is 0 Å². The van der Waals surface area contributed by atoms with Crippen LogP contribution in [0.25, 0.3) is 0 Å². The predicted molar refractivity (Wildman–Crippen MR) is 68.6 cm³/mol. The number of cyclic esters (lactones) is 1. The molecule has 1 atom stereocenters. The standard InChI is InChI=1S/C13H16ClNO2/c1-2-3-4-12-9-15(13(16)17-12)11-7-5-10(14)6-8-11/h5-8,12H,2-4,9H2,1H3. The van der Waals surface area contributed by atoms with Crippen LogP contribution in [0.4, 0.5) is 10.5 Å². The summed E-state index contributed by atoms with van der Waals surface area (Å²) in [5.74, 6) is 0. The number of amides is 1. The molecule has 0 aliphatic carbocycles. The lowest BCUT2D eigenvalue weighted by molar-refractivity contribution is 0.135. The fourth-order valence-electron chi connectivity index (χ4n) is 1.94. The molecule has 0 aromatic heterocycles. The van der Waals surface area contributed by atoms with E-state index in [0.29, 0.717) is 11.6 Å². The lowest BCUT2D eigenvalue weighted by Gasteiger charge is -2.12. The molecule has 1 aliphatic heterocycles. The Morgan fingerprint density at radius 1 is 1.41 bits per heavy atom. The van der Waals surface area contributed by atoms with E-state index in [1.165, 1.54) is 0 Å². The van der Waals surface area contributed by atoms with Gasteiger partial charge >= 0.3 is 6.09 Å². The minimum atomic E-state index is -0.256. The van der Waals surface area contributed by atoms with Crippen LogP contribution < -0.4 is 4.90 Å². The molecule has 1 aliphatic rings. The van der Waals surface area contributed by atoms with Crippen molar-refractivity contribution in [1.29, 1.82) is 0 Å². The highest BCUT2D eigenvalue weighted by molar-refractivity contribution is 6.30. The molecule has 3 nitrogen and oxygen atoms in total. The van der Waals surface area contributed by atoms with Crippen molar-refractivity contribution in [2.24, 2.45) is 0 Å². The van der Waals surface area contributed by atoms with Crippen LogP contribution in [0.15, 0.2) is 24.3 Å². The zero-order valence-electron chi connectivity index (χ0n) is 9.86. The Morgan fingerprint density at radius 2 is 2.12 bits per heavy atom. The Morgan fingerprint density at radius 3 is 2.76 bits per heavy atom. The highest BCUT2D eigenvalue weighted by Crippen LogP contribution is 2.24. The highest BCUT2D eigenvalue weighted by Gasteiger charge is 2.31. The van der Waals surface area contributed by atoms with Crippen LogP contribution in [0.1, 0.15) is 26.2 Å². The van der Waals surface area contributed by atoms with Gasteiger partial charge in [-0.15, -0.1) is 0 Å². The van der Waals surface area contributed by atoms with Crippen LogP contribution in [0.3, 0.4) is 0 Å². The third-order valence-corrected chi connectivity index (χ3v) is 3.14. The number of nitrogens with zero attached hydrogens (tertiary/aromatic N) is 1. The first-order valence-corrected chi connectivity index (χ1v) is 6.32. The minimum Gasteiger partial charge on any atom is -0.444 e. The summed E-state index contributed by atoms with van der Waals surface area (Å²) in [6.45, 7) is 2.77. The Bertz CT molecular complexity index is 391. The zero-order chi connectivity index (χ0) is 12.3. The third-order valence-electron chi connectivity index (χ3n) is 2.89. The van der Waals surface area contributed by atoms with Crippen LogP contribution in [0.2, 0.25) is 5.02 Å². The van der Waals surface area contributed by atoms with E-state index in [4.69, 9.17) is 16.3 Å². The first-order valence-electron chi connectivity index (χ1n) is 5.94. The molecule has 0 bridgehead atoms. The fourth-order valence-corrected chi connectivity index (χ4v) is 2.06. The second kappa shape index (κ2) is 5.41. The number of benzene rings is 1. The lowest BCUT2D eigenvalue weighted by Crippen LogP contribution is -2.24. The molecule has 17 heavy (non-hydrogen) atoms. The van der Waals surface area contributed by atoms with Crippen LogP contribution in [0, 0.1) is 0 Å². The molecule has 4 heteroatoms. The number of hydrogen-bond donors (Lipinski definition) is 0. The van der Waals surface area contributed by atoms with Crippen LogP contribution >= 0.6 is 11.6 Å². The number of carbonyl (C=O) groups is 1. The van der Waals surface area contributed by atoms with Gasteiger partial charge in [-0.3, -0.25) is 4.90 Å². The molecule has 0 radical (unpaired) electrons. The van der Waals surface area contributed by atoms with Gasteiger partial charge in [0.1, 0.15) is 6.10 Å². The average Bonchev–Trinajstić information content (AvgIpc) is 2.69. The van der Waals surface area contributed by atoms with Crippen molar-refractivity contribution in [3.05, 3.63) is 29.3 Å². The molecule has 0 saturated carbocycles. The molecule has 92 valence electrons. The number of anilines is 1. The topological polar surface area (TPSA) is 29.5 Å². The molecule has 1 amide bonds. The summed E-state index contributed by atoms with van der Waals surface area (Å²) in [5, 5.41) is 0.670. The Kier molecular flexibility index (Phi) is 3.89. The van der Waals surface area contributed by atoms with Gasteiger partial charge in [0, 0.05) is 10.7 Å². The van der Waals surface area contributed by atoms with Crippen molar-refractivity contribution in [2.75, 3.05) is 11.4 Å². The zero-order valence-corrected chi connectivity index (χ0v) is 10.6. The monoisotopic (exact) mass is 253 g/mol. The van der Waals surface area contributed by atoms with Gasteiger partial charge in [0.15, 0.2) is 0 Å². The molecule has 1 heterocycles. The third kappa shape index (κ3) is 2.91. The van der Waals surface area contributed by atoms with E-state index in [2.05, 4.69) is 6.92 Å². The molecule has 1 fully saturated rings. The van der Waals surface area contributed by atoms with Gasteiger partial charge in [-0.05, 0) is 37.1 Å². The van der Waals surface area contributed by atoms with Gasteiger partial charge in [-0.2, -0.15) is 0 Å². The Hall–Kier alpha value is -1.22. The van der Waals surface area contributed by atoms with Gasteiger partial charge < -0.3 is 4.74 Å². The summed E-state index contributed by atoms with van der Waals surface area (Å²) in [4.78, 5) is 13.4. The number of ether oxygens (including phenoxy) is 1. The maximum Gasteiger partial charge on any atom is 0.414 e. The van der Waals surface area contributed by atoms with Crippen molar-refractivity contribution >= 4 is 23.4 Å². The minimum absolute atomic E-state index is 0.0260. The van der Waals surface area contributed by atoms with E-state index in [-0.39, 0.29) is 12.2 Å². The first-order chi connectivity index (χ1) is 8.20. The quantitative estimate of drug-likeness (QED) is 0.816. The van der Waals surface area contributed by atoms with Crippen LogP contribution in [-0.4, -0.2) is 18.7 Å². The van der Waals surface area contributed by atoms with Crippen LogP contribution in [0.5, 0.6) is 0 Å². The van der Waals surface area contributed by atoms with E-state index in [0.717, 1.165) is 24.9 Å². The average molecular weight is 254 g/mol. The summed E-state index contributed by atoms with van der Waals surface area (Å²) >= 11 is 5.82. The smallest absolute Gasteiger partial charge is 0.414 e. The summed E-state index contributed by atoms with van der Waals surface area (Å²) in [5.41, 5.74) is 0.846. The van der Waals surface area contributed by atoms with Crippen molar-refractivity contribution < 1.29 is 9.53 Å². The lowest BCUT2D eigenvalue weighted by atomic mass is 10.1. The Balaban J connectivity index is 2.02. The van der Waals surface area contributed by atoms with Crippen molar-refractivity contribution in [3.8, 4) is 0 Å². The molecule has 0 N–H and O–H groups in total. The van der Waals surface area contributed by atoms with Gasteiger partial charge in [0.25, 0.3) is 0 Å². The number of hydrogen-bond acceptors (Lipinski definition) is 2. The van der Waals surface area contributed by atoms with Gasteiger partial charge in [0.2, 0.25) is 0 Å². The molecule has 1 aromatic carbocycles. The maximum atomic E-state index is 11.7. The van der Waals surface area contributed by atoms with Crippen LogP contribution in [-0.2, 0) is 4.74 Å². The number of unbranched alkanes of at least 4 members (excludes halogenated alkanes) is 1. The summed E-state index contributed by atoms with van der Waals surface area (Å²) in [7, 11) is 0. The number of halogens is 1. The molecule has 2 rings (SSSR count). The van der Waals surface area contributed by atoms with E-state index < -0.39 is 0 Å². The molecular weight excluding hydrogens is 238 g/mol. The van der Waals surface area contributed by atoms with E-state index in [1.54, 1.807) is 17.0 Å². The molecule has 1 saturated heterocycles. The maximum absolute atomic E-state index is 11.7. The molecule has 1 unspecified atom stereocenters. The van der Waals surface area contributed by atoms with Gasteiger partial charge in [-0.1, -0.05) is 24.9 Å². The summed E-state index contributed by atoms with van der Waals surface area (Å²) in [6, 6.07) is 7.24. The second-order valence-electron chi connectivity index (χ2n) is 4.24. The normalized spacial score (nSPS) is 19.5. The molecule has 0 spiro atoms. The van der Waals surface area contributed by atoms with Gasteiger partial charge in [0.05, 0.1) is 6.54 Å². The van der Waals surface area contributed by atoms with Crippen molar-refractivity contribution in [2.45, 2.75) is 32.3 Å². The highest BCUT2D eigenvalue weighted by atomic mass is 35.5. The number of carbonyl (C=O) groups excluding carboxylic acids is 1. The van der Waals surface area contributed by atoms with E-state index in [1.807, 2.05) is 12.1 Å². The first kappa shape index (κ1) is 12.2. The van der Waals surface area contributed by atoms with E-state index >= 15 is 0 Å². The summed E-state index contributed by atoms with van der Waals surface area (Å²) < 4.78 is 5.31. The largest absolute Gasteiger partial charge is 0.444 e. The fraction of sp³-hybridized carbons (Fsp3) is 0.462. The van der Waals surface area contributed by atoms with E-state index in [9.17, 15) is 4.79 Å². The predicted octanol–water partition coefficient (Wildman–Crippen LogP) is 3.86. The summed E-state index contributed by atoms with van der Waals surface area (Å²) in [6.07, 6.45) is 2.92. The second-order valence-corrected chi connectivity index (χ2v) is 4.67. The molecular formula is C13H16ClNO2.